The quantitative estimate of drug-likeness (QED) is 0.387. The number of phenolic OH excluding ortho intramolecular Hbond substituents is 1. The molecule has 5 rings (SSSR count). The molecule has 0 fully saturated rings. The first-order valence-electron chi connectivity index (χ1n) is 10.0. The zero-order valence-corrected chi connectivity index (χ0v) is 18.6. The molecule has 1 unspecified atom stereocenters. The lowest BCUT2D eigenvalue weighted by atomic mass is 9.95. The fraction of sp³-hybridized carbons (Fsp3) is 0.125. The molecule has 160 valence electrons. The summed E-state index contributed by atoms with van der Waals surface area (Å²) in [4.78, 5) is 32.9. The van der Waals surface area contributed by atoms with E-state index in [0.717, 1.165) is 22.2 Å². The summed E-state index contributed by atoms with van der Waals surface area (Å²) in [7, 11) is 0. The van der Waals surface area contributed by atoms with Gasteiger partial charge in [-0.25, -0.2) is 4.98 Å². The zero-order valence-electron chi connectivity index (χ0n) is 17.0. The van der Waals surface area contributed by atoms with Gasteiger partial charge in [-0.2, -0.15) is 0 Å². The van der Waals surface area contributed by atoms with Crippen LogP contribution in [0, 0.1) is 0 Å². The van der Waals surface area contributed by atoms with E-state index in [2.05, 4.69) is 11.9 Å². The normalized spacial score (nSPS) is 16.3. The standard InChI is InChI=1S/C24H18N2O4S2/c1-2-13-8-9-16-18(11-13)32-24(25-16)26-20(14-5-3-6-15(27)12-14)19(22(29)23(26)30)21(28)17-7-4-10-31-17/h3-12,20,27,29H,2H2,1H3. The van der Waals surface area contributed by atoms with Gasteiger partial charge in [0.15, 0.2) is 10.9 Å². The number of hydrogen-bond donors (Lipinski definition) is 2. The van der Waals surface area contributed by atoms with Gasteiger partial charge >= 0.3 is 0 Å². The lowest BCUT2D eigenvalue weighted by molar-refractivity contribution is -0.117. The number of benzene rings is 2. The number of carbonyl (C=O) groups excluding carboxylic acids is 2. The number of carbonyl (C=O) groups is 2. The molecular weight excluding hydrogens is 444 g/mol. The van der Waals surface area contributed by atoms with Crippen molar-refractivity contribution in [3.8, 4) is 5.75 Å². The van der Waals surface area contributed by atoms with E-state index in [1.54, 1.807) is 29.6 Å². The molecule has 6 nitrogen and oxygen atoms in total. The highest BCUT2D eigenvalue weighted by atomic mass is 32.1. The maximum absolute atomic E-state index is 13.3. The Hall–Kier alpha value is -3.49. The molecule has 1 aliphatic rings. The first-order chi connectivity index (χ1) is 15.5. The van der Waals surface area contributed by atoms with E-state index in [4.69, 9.17) is 0 Å². The van der Waals surface area contributed by atoms with Gasteiger partial charge in [0.2, 0.25) is 5.78 Å². The van der Waals surface area contributed by atoms with Crippen LogP contribution in [0.1, 0.15) is 33.8 Å². The van der Waals surface area contributed by atoms with Crippen molar-refractivity contribution in [1.82, 2.24) is 4.98 Å². The molecule has 4 aromatic rings. The zero-order chi connectivity index (χ0) is 22.4. The summed E-state index contributed by atoms with van der Waals surface area (Å²) in [6.07, 6.45) is 0.875. The van der Waals surface area contributed by atoms with Crippen molar-refractivity contribution >= 4 is 49.7 Å². The second-order valence-electron chi connectivity index (χ2n) is 7.39. The fourth-order valence-corrected chi connectivity index (χ4v) is 5.60. The number of hydrogen-bond acceptors (Lipinski definition) is 7. The van der Waals surface area contributed by atoms with Gasteiger partial charge in [0.05, 0.1) is 26.7 Å². The number of phenols is 1. The lowest BCUT2D eigenvalue weighted by Crippen LogP contribution is -2.30. The Bertz CT molecular complexity index is 1390. The van der Waals surface area contributed by atoms with Crippen LogP contribution < -0.4 is 4.90 Å². The molecule has 3 heterocycles. The number of aliphatic hydroxyl groups excluding tert-OH is 1. The number of fused-ring (bicyclic) bond motifs is 1. The molecule has 0 bridgehead atoms. The Morgan fingerprint density at radius 3 is 2.69 bits per heavy atom. The van der Waals surface area contributed by atoms with Crippen LogP contribution in [0.2, 0.25) is 0 Å². The third-order valence-electron chi connectivity index (χ3n) is 5.44. The maximum atomic E-state index is 13.3. The van der Waals surface area contributed by atoms with Gasteiger partial charge in [0, 0.05) is 0 Å². The SMILES string of the molecule is CCc1ccc2nc(N3C(=O)C(O)=C(C(=O)c4cccs4)C3c3cccc(O)c3)sc2c1. The number of thiazole rings is 1. The van der Waals surface area contributed by atoms with E-state index in [-0.39, 0.29) is 11.3 Å². The van der Waals surface area contributed by atoms with Crippen molar-refractivity contribution in [2.24, 2.45) is 0 Å². The van der Waals surface area contributed by atoms with Crippen molar-refractivity contribution < 1.29 is 19.8 Å². The van der Waals surface area contributed by atoms with Gasteiger partial charge in [-0.15, -0.1) is 11.3 Å². The number of ketones is 1. The molecule has 1 aliphatic heterocycles. The van der Waals surface area contributed by atoms with Crippen LogP contribution in [0.3, 0.4) is 0 Å². The van der Waals surface area contributed by atoms with Crippen molar-refractivity contribution in [2.45, 2.75) is 19.4 Å². The number of aliphatic hydroxyl groups is 1. The summed E-state index contributed by atoms with van der Waals surface area (Å²) in [5, 5.41) is 23.0. The van der Waals surface area contributed by atoms with Crippen LogP contribution >= 0.6 is 22.7 Å². The van der Waals surface area contributed by atoms with E-state index in [0.29, 0.717) is 15.6 Å². The number of aromatic nitrogens is 1. The molecular formula is C24H18N2O4S2. The van der Waals surface area contributed by atoms with E-state index in [1.807, 2.05) is 18.2 Å². The summed E-state index contributed by atoms with van der Waals surface area (Å²) in [5.41, 5.74) is 2.38. The molecule has 8 heteroatoms. The first kappa shape index (κ1) is 20.4. The Kier molecular flexibility index (Phi) is 5.03. The summed E-state index contributed by atoms with van der Waals surface area (Å²) in [5.74, 6) is -1.70. The number of aromatic hydroxyl groups is 1. The van der Waals surface area contributed by atoms with Gasteiger partial charge in [0.25, 0.3) is 5.91 Å². The number of amides is 1. The molecule has 1 amide bonds. The minimum absolute atomic E-state index is 0.00102. The van der Waals surface area contributed by atoms with Gasteiger partial charge in [-0.1, -0.05) is 42.5 Å². The highest BCUT2D eigenvalue weighted by Gasteiger charge is 2.46. The van der Waals surface area contributed by atoms with Crippen LogP contribution in [0.5, 0.6) is 5.75 Å². The minimum atomic E-state index is -0.907. The topological polar surface area (TPSA) is 90.7 Å². The Morgan fingerprint density at radius 2 is 1.97 bits per heavy atom. The number of anilines is 1. The van der Waals surface area contributed by atoms with Crippen LogP contribution in [0.25, 0.3) is 10.2 Å². The number of nitrogens with zero attached hydrogens (tertiary/aromatic N) is 2. The molecule has 0 saturated carbocycles. The number of aryl methyl sites for hydroxylation is 1. The van der Waals surface area contributed by atoms with E-state index in [9.17, 15) is 19.8 Å². The van der Waals surface area contributed by atoms with E-state index in [1.165, 1.54) is 39.7 Å². The highest BCUT2D eigenvalue weighted by Crippen LogP contribution is 2.45. The van der Waals surface area contributed by atoms with Crippen molar-refractivity contribution in [2.75, 3.05) is 4.90 Å². The Balaban J connectivity index is 1.68. The van der Waals surface area contributed by atoms with Gasteiger partial charge in [0.1, 0.15) is 5.75 Å². The molecule has 2 aromatic heterocycles. The third kappa shape index (κ3) is 3.28. The molecule has 2 aromatic carbocycles. The average Bonchev–Trinajstić information content (AvgIpc) is 3.51. The first-order valence-corrected chi connectivity index (χ1v) is 11.7. The van der Waals surface area contributed by atoms with E-state index < -0.39 is 23.5 Å². The van der Waals surface area contributed by atoms with Crippen molar-refractivity contribution in [1.29, 1.82) is 0 Å². The molecule has 0 aliphatic carbocycles. The monoisotopic (exact) mass is 462 g/mol. The van der Waals surface area contributed by atoms with Crippen LogP contribution in [0.4, 0.5) is 5.13 Å². The maximum Gasteiger partial charge on any atom is 0.296 e. The summed E-state index contributed by atoms with van der Waals surface area (Å²) in [6.45, 7) is 2.06. The molecule has 0 radical (unpaired) electrons. The summed E-state index contributed by atoms with van der Waals surface area (Å²) < 4.78 is 0.916. The highest BCUT2D eigenvalue weighted by molar-refractivity contribution is 7.22. The Labute approximate surface area is 191 Å². The Morgan fingerprint density at radius 1 is 1.12 bits per heavy atom. The van der Waals surface area contributed by atoms with Gasteiger partial charge in [-0.3, -0.25) is 14.5 Å². The van der Waals surface area contributed by atoms with Crippen LogP contribution in [0.15, 0.2) is 71.3 Å². The smallest absolute Gasteiger partial charge is 0.296 e. The predicted octanol–water partition coefficient (Wildman–Crippen LogP) is 5.41. The number of thiophene rings is 1. The molecule has 0 spiro atoms. The second kappa shape index (κ2) is 7.89. The molecule has 1 atom stereocenters. The second-order valence-corrected chi connectivity index (χ2v) is 9.35. The van der Waals surface area contributed by atoms with E-state index >= 15 is 0 Å². The lowest BCUT2D eigenvalue weighted by Gasteiger charge is -2.24. The van der Waals surface area contributed by atoms with Crippen LogP contribution in [-0.4, -0.2) is 26.9 Å². The van der Waals surface area contributed by atoms with Crippen molar-refractivity contribution in [3.05, 3.63) is 87.3 Å². The van der Waals surface area contributed by atoms with Gasteiger partial charge < -0.3 is 10.2 Å². The van der Waals surface area contributed by atoms with Gasteiger partial charge in [-0.05, 0) is 53.3 Å². The third-order valence-corrected chi connectivity index (χ3v) is 7.33. The molecule has 32 heavy (non-hydrogen) atoms. The fourth-order valence-electron chi connectivity index (χ4n) is 3.87. The molecule has 0 saturated heterocycles. The number of rotatable bonds is 5. The number of Topliss-reactive ketones (excluding diaryl/α,β-unsaturated/α-hetero) is 1. The predicted molar refractivity (Wildman–Crippen MR) is 126 cm³/mol. The summed E-state index contributed by atoms with van der Waals surface area (Å²) in [6, 6.07) is 14.8. The largest absolute Gasteiger partial charge is 0.508 e. The molecule has 2 N–H and O–H groups in total. The van der Waals surface area contributed by atoms with Crippen molar-refractivity contribution in [3.63, 3.8) is 0 Å². The van der Waals surface area contributed by atoms with Crippen LogP contribution in [-0.2, 0) is 11.2 Å². The summed E-state index contributed by atoms with van der Waals surface area (Å²) >= 11 is 2.57. The minimum Gasteiger partial charge on any atom is -0.508 e. The average molecular weight is 463 g/mol.